The molecule has 1 aliphatic heterocycles. The van der Waals surface area contributed by atoms with Gasteiger partial charge in [0.05, 0.1) is 24.2 Å². The first-order chi connectivity index (χ1) is 8.72. The normalized spacial score (nSPS) is 24.1. The molecule has 18 heavy (non-hydrogen) atoms. The Hall–Kier alpha value is -1.69. The van der Waals surface area contributed by atoms with Gasteiger partial charge in [0.1, 0.15) is 12.1 Å². The fourth-order valence-corrected chi connectivity index (χ4v) is 2.73. The molecule has 2 unspecified atom stereocenters. The number of anilines is 1. The van der Waals surface area contributed by atoms with E-state index in [1.807, 2.05) is 7.05 Å². The van der Waals surface area contributed by atoms with Crippen LogP contribution in [0.4, 0.5) is 5.82 Å². The number of hydrogen-bond acceptors (Lipinski definition) is 5. The average Bonchev–Trinajstić information content (AvgIpc) is 2.93. The molecule has 1 aliphatic rings. The Morgan fingerprint density at radius 2 is 2.28 bits per heavy atom. The lowest BCUT2D eigenvalue weighted by atomic mass is 10.0. The highest BCUT2D eigenvalue weighted by molar-refractivity contribution is 5.86. The summed E-state index contributed by atoms with van der Waals surface area (Å²) >= 11 is 0. The Labute approximate surface area is 105 Å². The first kappa shape index (κ1) is 11.4. The minimum absolute atomic E-state index is 0.142. The van der Waals surface area contributed by atoms with Crippen molar-refractivity contribution in [3.8, 4) is 0 Å². The van der Waals surface area contributed by atoms with Gasteiger partial charge in [-0.1, -0.05) is 6.92 Å². The van der Waals surface area contributed by atoms with Crippen molar-refractivity contribution in [2.24, 2.45) is 13.0 Å². The van der Waals surface area contributed by atoms with Crippen LogP contribution in [0.5, 0.6) is 0 Å². The van der Waals surface area contributed by atoms with Crippen molar-refractivity contribution in [2.75, 3.05) is 18.1 Å². The minimum atomic E-state index is 0.142. The zero-order valence-electron chi connectivity index (χ0n) is 10.6. The van der Waals surface area contributed by atoms with Gasteiger partial charge < -0.3 is 10.0 Å². The van der Waals surface area contributed by atoms with Crippen LogP contribution in [0.25, 0.3) is 11.0 Å². The second-order valence-electron chi connectivity index (χ2n) is 4.91. The average molecular weight is 247 g/mol. The van der Waals surface area contributed by atoms with E-state index in [1.165, 1.54) is 0 Å². The van der Waals surface area contributed by atoms with Crippen LogP contribution in [0, 0.1) is 5.92 Å². The summed E-state index contributed by atoms with van der Waals surface area (Å²) in [6.45, 7) is 3.25. The van der Waals surface area contributed by atoms with Gasteiger partial charge in [0.25, 0.3) is 0 Å². The summed E-state index contributed by atoms with van der Waals surface area (Å²) in [5.41, 5.74) is 0.830. The molecule has 0 saturated carbocycles. The number of aryl methyl sites for hydroxylation is 1. The second-order valence-corrected chi connectivity index (χ2v) is 4.91. The van der Waals surface area contributed by atoms with Gasteiger partial charge in [0.15, 0.2) is 5.65 Å². The van der Waals surface area contributed by atoms with Gasteiger partial charge in [-0.25, -0.2) is 9.97 Å². The van der Waals surface area contributed by atoms with Crippen LogP contribution < -0.4 is 4.90 Å². The molecule has 3 rings (SSSR count). The monoisotopic (exact) mass is 247 g/mol. The lowest BCUT2D eigenvalue weighted by Crippen LogP contribution is -2.35. The number of aliphatic hydroxyl groups is 1. The highest BCUT2D eigenvalue weighted by atomic mass is 16.3. The highest BCUT2D eigenvalue weighted by Crippen LogP contribution is 2.31. The Kier molecular flexibility index (Phi) is 2.66. The molecule has 0 aromatic carbocycles. The fourth-order valence-electron chi connectivity index (χ4n) is 2.73. The summed E-state index contributed by atoms with van der Waals surface area (Å²) in [6, 6.07) is 0.142. The van der Waals surface area contributed by atoms with E-state index in [2.05, 4.69) is 26.9 Å². The Bertz CT molecular complexity index is 567. The van der Waals surface area contributed by atoms with Crippen molar-refractivity contribution in [1.82, 2.24) is 19.7 Å². The molecule has 0 bridgehead atoms. The zero-order chi connectivity index (χ0) is 12.7. The third kappa shape index (κ3) is 1.56. The van der Waals surface area contributed by atoms with E-state index in [0.717, 1.165) is 29.8 Å². The van der Waals surface area contributed by atoms with Crippen LogP contribution >= 0.6 is 0 Å². The van der Waals surface area contributed by atoms with E-state index in [1.54, 1.807) is 17.2 Å². The van der Waals surface area contributed by atoms with Crippen LogP contribution in [0.15, 0.2) is 12.5 Å². The van der Waals surface area contributed by atoms with Crippen molar-refractivity contribution < 1.29 is 5.11 Å². The minimum Gasteiger partial charge on any atom is -0.394 e. The smallest absolute Gasteiger partial charge is 0.163 e. The Balaban J connectivity index is 2.09. The van der Waals surface area contributed by atoms with Crippen LogP contribution in [0.3, 0.4) is 0 Å². The Morgan fingerprint density at radius 3 is 3.06 bits per heavy atom. The maximum absolute atomic E-state index is 9.54. The predicted octanol–water partition coefficient (Wildman–Crippen LogP) is 0.570. The molecule has 6 heteroatoms. The standard InChI is InChI=1S/C12H17N5O/c1-8-3-4-17(10(8)6-18)12-9-5-15-16(2)11(9)13-7-14-12/h5,7-8,10,18H,3-4,6H2,1-2H3. The molecule has 2 aromatic heterocycles. The lowest BCUT2D eigenvalue weighted by Gasteiger charge is -2.26. The van der Waals surface area contributed by atoms with Crippen LogP contribution in [-0.4, -0.2) is 44.0 Å². The number of rotatable bonds is 2. The molecule has 2 aromatic rings. The molecule has 2 atom stereocenters. The van der Waals surface area contributed by atoms with E-state index >= 15 is 0 Å². The van der Waals surface area contributed by atoms with Crippen molar-refractivity contribution in [3.05, 3.63) is 12.5 Å². The molecule has 3 heterocycles. The summed E-state index contributed by atoms with van der Waals surface area (Å²) < 4.78 is 1.74. The highest BCUT2D eigenvalue weighted by Gasteiger charge is 2.32. The molecule has 1 saturated heterocycles. The van der Waals surface area contributed by atoms with Crippen molar-refractivity contribution in [1.29, 1.82) is 0 Å². The van der Waals surface area contributed by atoms with Crippen LogP contribution in [0.2, 0.25) is 0 Å². The van der Waals surface area contributed by atoms with Crippen molar-refractivity contribution in [2.45, 2.75) is 19.4 Å². The van der Waals surface area contributed by atoms with E-state index in [0.29, 0.717) is 5.92 Å². The molecule has 96 valence electrons. The summed E-state index contributed by atoms with van der Waals surface area (Å²) in [7, 11) is 1.87. The predicted molar refractivity (Wildman–Crippen MR) is 68.3 cm³/mol. The third-order valence-corrected chi connectivity index (χ3v) is 3.85. The number of fused-ring (bicyclic) bond motifs is 1. The zero-order valence-corrected chi connectivity index (χ0v) is 10.6. The third-order valence-electron chi connectivity index (χ3n) is 3.85. The number of nitrogens with zero attached hydrogens (tertiary/aromatic N) is 5. The maximum atomic E-state index is 9.54. The topological polar surface area (TPSA) is 67.1 Å². The lowest BCUT2D eigenvalue weighted by molar-refractivity contribution is 0.244. The van der Waals surface area contributed by atoms with Gasteiger partial charge in [-0.2, -0.15) is 5.10 Å². The molecule has 1 N–H and O–H groups in total. The molecular weight excluding hydrogens is 230 g/mol. The van der Waals surface area contributed by atoms with Gasteiger partial charge in [-0.05, 0) is 12.3 Å². The number of hydrogen-bond donors (Lipinski definition) is 1. The summed E-state index contributed by atoms with van der Waals surface area (Å²) in [4.78, 5) is 10.8. The molecule has 0 amide bonds. The molecule has 1 fully saturated rings. The molecule has 0 radical (unpaired) electrons. The van der Waals surface area contributed by atoms with Crippen molar-refractivity contribution in [3.63, 3.8) is 0 Å². The largest absolute Gasteiger partial charge is 0.394 e. The number of aromatic nitrogens is 4. The Morgan fingerprint density at radius 1 is 1.44 bits per heavy atom. The van der Waals surface area contributed by atoms with Gasteiger partial charge in [-0.3, -0.25) is 4.68 Å². The molecule has 6 nitrogen and oxygen atoms in total. The fraction of sp³-hybridized carbons (Fsp3) is 0.583. The van der Waals surface area contributed by atoms with Gasteiger partial charge in [0, 0.05) is 13.6 Å². The van der Waals surface area contributed by atoms with E-state index in [-0.39, 0.29) is 12.6 Å². The van der Waals surface area contributed by atoms with Gasteiger partial charge in [0.2, 0.25) is 0 Å². The SMILES string of the molecule is CC1CCN(c2ncnc3c2cnn3C)C1CO. The summed E-state index contributed by atoms with van der Waals surface area (Å²) in [5.74, 6) is 1.37. The second kappa shape index (κ2) is 4.20. The molecule has 0 spiro atoms. The number of aliphatic hydroxyl groups excluding tert-OH is 1. The van der Waals surface area contributed by atoms with Crippen molar-refractivity contribution >= 4 is 16.9 Å². The van der Waals surface area contributed by atoms with Crippen LogP contribution in [0.1, 0.15) is 13.3 Å². The summed E-state index contributed by atoms with van der Waals surface area (Å²) in [5, 5.41) is 14.7. The summed E-state index contributed by atoms with van der Waals surface area (Å²) in [6.07, 6.45) is 4.44. The van der Waals surface area contributed by atoms with Gasteiger partial charge >= 0.3 is 0 Å². The van der Waals surface area contributed by atoms with Crippen LogP contribution in [-0.2, 0) is 7.05 Å². The van der Waals surface area contributed by atoms with E-state index in [9.17, 15) is 5.11 Å². The van der Waals surface area contributed by atoms with Gasteiger partial charge in [-0.15, -0.1) is 0 Å². The maximum Gasteiger partial charge on any atom is 0.163 e. The molecule has 0 aliphatic carbocycles. The van der Waals surface area contributed by atoms with E-state index in [4.69, 9.17) is 0 Å². The quantitative estimate of drug-likeness (QED) is 0.840. The first-order valence-corrected chi connectivity index (χ1v) is 6.22. The van der Waals surface area contributed by atoms with E-state index < -0.39 is 0 Å². The molecular formula is C12H17N5O. The first-order valence-electron chi connectivity index (χ1n) is 6.22.